The van der Waals surface area contributed by atoms with E-state index in [0.29, 0.717) is 13.0 Å². The van der Waals surface area contributed by atoms with Crippen LogP contribution in [0.4, 0.5) is 0 Å². The first-order chi connectivity index (χ1) is 7.43. The van der Waals surface area contributed by atoms with Crippen molar-refractivity contribution in [2.75, 3.05) is 6.54 Å². The molecule has 0 spiro atoms. The highest BCUT2D eigenvalue weighted by molar-refractivity contribution is 6.06. The predicted octanol–water partition coefficient (Wildman–Crippen LogP) is 1.04. The third kappa shape index (κ3) is 1.47. The number of rotatable bonds is 2. The van der Waals surface area contributed by atoms with E-state index in [4.69, 9.17) is 5.73 Å². The molecule has 0 radical (unpaired) electrons. The van der Waals surface area contributed by atoms with Crippen molar-refractivity contribution in [1.29, 1.82) is 0 Å². The molecule has 2 aliphatic rings. The third-order valence-electron chi connectivity index (χ3n) is 4.01. The molecule has 4 heteroatoms. The molecule has 4 nitrogen and oxygen atoms in total. The smallest absolute Gasteiger partial charge is 0.235 e. The Balaban J connectivity index is 2.33. The van der Waals surface area contributed by atoms with E-state index in [2.05, 4.69) is 0 Å². The van der Waals surface area contributed by atoms with Crippen molar-refractivity contribution in [3.8, 4) is 0 Å². The molecule has 0 atom stereocenters. The molecule has 1 saturated heterocycles. The van der Waals surface area contributed by atoms with Crippen LogP contribution in [0.15, 0.2) is 0 Å². The normalized spacial score (nSPS) is 27.8. The van der Waals surface area contributed by atoms with Crippen LogP contribution in [-0.4, -0.2) is 28.8 Å². The molecule has 16 heavy (non-hydrogen) atoms. The number of imide groups is 1. The van der Waals surface area contributed by atoms with E-state index in [0.717, 1.165) is 25.7 Å². The van der Waals surface area contributed by atoms with Gasteiger partial charge in [0.1, 0.15) is 0 Å². The molecular weight excluding hydrogens is 204 g/mol. The second kappa shape index (κ2) is 3.55. The van der Waals surface area contributed by atoms with Gasteiger partial charge in [0.25, 0.3) is 0 Å². The molecule has 1 heterocycles. The van der Waals surface area contributed by atoms with Crippen LogP contribution in [0.3, 0.4) is 0 Å². The highest BCUT2D eigenvalue weighted by atomic mass is 16.2. The first kappa shape index (κ1) is 11.6. The molecule has 0 bridgehead atoms. The number of nitrogens with two attached hydrogens (primary N) is 1. The Morgan fingerprint density at radius 2 is 1.81 bits per heavy atom. The van der Waals surface area contributed by atoms with Gasteiger partial charge in [-0.05, 0) is 12.8 Å². The van der Waals surface area contributed by atoms with Crippen LogP contribution < -0.4 is 5.73 Å². The summed E-state index contributed by atoms with van der Waals surface area (Å²) >= 11 is 0. The van der Waals surface area contributed by atoms with Gasteiger partial charge in [-0.2, -0.15) is 0 Å². The van der Waals surface area contributed by atoms with E-state index < -0.39 is 5.41 Å². The summed E-state index contributed by atoms with van der Waals surface area (Å²) in [5, 5.41) is 0. The molecule has 1 aliphatic carbocycles. The Morgan fingerprint density at radius 3 is 2.19 bits per heavy atom. The van der Waals surface area contributed by atoms with Crippen molar-refractivity contribution in [3.05, 3.63) is 0 Å². The maximum atomic E-state index is 12.2. The van der Waals surface area contributed by atoms with Crippen LogP contribution in [0.2, 0.25) is 0 Å². The van der Waals surface area contributed by atoms with E-state index >= 15 is 0 Å². The van der Waals surface area contributed by atoms with Gasteiger partial charge in [-0.25, -0.2) is 0 Å². The number of hydrogen-bond donors (Lipinski definition) is 1. The number of likely N-dealkylation sites (tertiary alicyclic amines) is 1. The van der Waals surface area contributed by atoms with Crippen LogP contribution in [0.5, 0.6) is 0 Å². The van der Waals surface area contributed by atoms with Crippen molar-refractivity contribution in [1.82, 2.24) is 4.90 Å². The van der Waals surface area contributed by atoms with Gasteiger partial charge in [0.2, 0.25) is 11.8 Å². The molecule has 1 saturated carbocycles. The Labute approximate surface area is 96.2 Å². The average molecular weight is 224 g/mol. The van der Waals surface area contributed by atoms with E-state index in [1.165, 1.54) is 4.90 Å². The van der Waals surface area contributed by atoms with Crippen LogP contribution in [0.1, 0.15) is 46.0 Å². The van der Waals surface area contributed by atoms with Gasteiger partial charge in [-0.1, -0.05) is 26.7 Å². The van der Waals surface area contributed by atoms with E-state index in [1.54, 1.807) is 0 Å². The second-order valence-electron chi connectivity index (χ2n) is 5.73. The van der Waals surface area contributed by atoms with Crippen molar-refractivity contribution in [3.63, 3.8) is 0 Å². The molecule has 2 fully saturated rings. The fourth-order valence-electron chi connectivity index (χ4n) is 2.98. The fourth-order valence-corrected chi connectivity index (χ4v) is 2.98. The summed E-state index contributed by atoms with van der Waals surface area (Å²) in [5.41, 5.74) is 4.90. The van der Waals surface area contributed by atoms with Crippen LogP contribution >= 0.6 is 0 Å². The highest BCUT2D eigenvalue weighted by Gasteiger charge is 2.53. The number of hydrogen-bond acceptors (Lipinski definition) is 3. The summed E-state index contributed by atoms with van der Waals surface area (Å²) in [6, 6.07) is 0. The SMILES string of the molecule is CC1(C)CC(=O)N(C2(CN)CCCC2)C1=O. The molecule has 0 aromatic rings. The first-order valence-electron chi connectivity index (χ1n) is 6.01. The lowest BCUT2D eigenvalue weighted by Crippen LogP contribution is -2.55. The minimum Gasteiger partial charge on any atom is -0.328 e. The lowest BCUT2D eigenvalue weighted by atomic mass is 9.90. The fraction of sp³-hybridized carbons (Fsp3) is 0.833. The lowest BCUT2D eigenvalue weighted by Gasteiger charge is -2.37. The third-order valence-corrected chi connectivity index (χ3v) is 4.01. The number of amides is 2. The molecule has 90 valence electrons. The highest BCUT2D eigenvalue weighted by Crippen LogP contribution is 2.42. The van der Waals surface area contributed by atoms with Crippen molar-refractivity contribution < 1.29 is 9.59 Å². The molecule has 2 N–H and O–H groups in total. The standard InChI is InChI=1S/C12H20N2O2/c1-11(2)7-9(15)14(10(11)16)12(8-13)5-3-4-6-12/h3-8,13H2,1-2H3. The summed E-state index contributed by atoms with van der Waals surface area (Å²) in [6.45, 7) is 4.08. The first-order valence-corrected chi connectivity index (χ1v) is 6.01. The van der Waals surface area contributed by atoms with E-state index in [-0.39, 0.29) is 17.4 Å². The number of nitrogens with zero attached hydrogens (tertiary/aromatic N) is 1. The van der Waals surface area contributed by atoms with Gasteiger partial charge in [-0.15, -0.1) is 0 Å². The van der Waals surface area contributed by atoms with Gasteiger partial charge >= 0.3 is 0 Å². The zero-order chi connectivity index (χ0) is 12.0. The van der Waals surface area contributed by atoms with Crippen LogP contribution in [0.25, 0.3) is 0 Å². The van der Waals surface area contributed by atoms with Crippen LogP contribution in [0, 0.1) is 5.41 Å². The molecular formula is C12H20N2O2. The van der Waals surface area contributed by atoms with Gasteiger partial charge < -0.3 is 5.73 Å². The lowest BCUT2D eigenvalue weighted by molar-refractivity contribution is -0.147. The predicted molar refractivity (Wildman–Crippen MR) is 60.5 cm³/mol. The second-order valence-corrected chi connectivity index (χ2v) is 5.73. The Hall–Kier alpha value is -0.900. The summed E-state index contributed by atoms with van der Waals surface area (Å²) in [7, 11) is 0. The Morgan fingerprint density at radius 1 is 1.25 bits per heavy atom. The van der Waals surface area contributed by atoms with E-state index in [9.17, 15) is 9.59 Å². The van der Waals surface area contributed by atoms with Crippen LogP contribution in [-0.2, 0) is 9.59 Å². The van der Waals surface area contributed by atoms with E-state index in [1.807, 2.05) is 13.8 Å². The molecule has 2 rings (SSSR count). The maximum Gasteiger partial charge on any atom is 0.235 e. The quantitative estimate of drug-likeness (QED) is 0.713. The van der Waals surface area contributed by atoms with Gasteiger partial charge in [0.15, 0.2) is 0 Å². The summed E-state index contributed by atoms with van der Waals surface area (Å²) in [6.07, 6.45) is 4.20. The van der Waals surface area contributed by atoms with Crippen molar-refractivity contribution >= 4 is 11.8 Å². The molecule has 0 aromatic carbocycles. The zero-order valence-electron chi connectivity index (χ0n) is 10.1. The minimum absolute atomic E-state index is 0.0372. The van der Waals surface area contributed by atoms with Gasteiger partial charge in [0.05, 0.1) is 11.0 Å². The topological polar surface area (TPSA) is 63.4 Å². The molecule has 2 amide bonds. The summed E-state index contributed by atoms with van der Waals surface area (Å²) in [5.74, 6) is -0.0767. The van der Waals surface area contributed by atoms with Crippen molar-refractivity contribution in [2.24, 2.45) is 11.1 Å². The Kier molecular flexibility index (Phi) is 2.57. The molecule has 0 unspecified atom stereocenters. The van der Waals surface area contributed by atoms with Gasteiger partial charge in [0, 0.05) is 13.0 Å². The summed E-state index contributed by atoms with van der Waals surface area (Å²) < 4.78 is 0. The summed E-state index contributed by atoms with van der Waals surface area (Å²) in [4.78, 5) is 25.7. The minimum atomic E-state index is -0.540. The average Bonchev–Trinajstić information content (AvgIpc) is 2.73. The van der Waals surface area contributed by atoms with Crippen molar-refractivity contribution in [2.45, 2.75) is 51.5 Å². The van der Waals surface area contributed by atoms with Gasteiger partial charge in [-0.3, -0.25) is 14.5 Å². The Bertz CT molecular complexity index is 330. The number of carbonyl (C=O) groups is 2. The zero-order valence-corrected chi connectivity index (χ0v) is 10.1. The monoisotopic (exact) mass is 224 g/mol. The number of carbonyl (C=O) groups excluding carboxylic acids is 2. The largest absolute Gasteiger partial charge is 0.328 e. The molecule has 1 aliphatic heterocycles. The maximum absolute atomic E-state index is 12.2. The molecule has 0 aromatic heterocycles.